The van der Waals surface area contributed by atoms with Crippen LogP contribution >= 0.6 is 0 Å². The molecule has 1 aromatic rings. The van der Waals surface area contributed by atoms with Gasteiger partial charge in [-0.15, -0.1) is 10.2 Å². The quantitative estimate of drug-likeness (QED) is 0.673. The highest BCUT2D eigenvalue weighted by Gasteiger charge is 2.11. The maximum Gasteiger partial charge on any atom is 0.146 e. The summed E-state index contributed by atoms with van der Waals surface area (Å²) < 4.78 is 1.84. The fraction of sp³-hybridized carbons (Fsp3) is 0.750. The van der Waals surface area contributed by atoms with E-state index in [0.717, 1.165) is 5.82 Å². The van der Waals surface area contributed by atoms with Crippen molar-refractivity contribution in [1.82, 2.24) is 20.1 Å². The number of nitrogens with one attached hydrogen (secondary N) is 1. The Labute approximate surface area is 77.8 Å². The third-order valence-electron chi connectivity index (χ3n) is 1.65. The van der Waals surface area contributed by atoms with Gasteiger partial charge in [0.25, 0.3) is 0 Å². The Morgan fingerprint density at radius 2 is 2.31 bits per heavy atom. The van der Waals surface area contributed by atoms with Crippen LogP contribution in [0.4, 0.5) is 0 Å². The Bertz CT molecular complexity index is 263. The molecule has 0 aromatic carbocycles. The van der Waals surface area contributed by atoms with Gasteiger partial charge in [-0.3, -0.25) is 0 Å². The number of aryl methyl sites for hydroxylation is 1. The van der Waals surface area contributed by atoms with Crippen LogP contribution < -0.4 is 5.32 Å². The predicted octanol–water partition coefficient (Wildman–Crippen LogP) is -0.324. The van der Waals surface area contributed by atoms with Crippen LogP contribution in [-0.4, -0.2) is 32.0 Å². The summed E-state index contributed by atoms with van der Waals surface area (Å²) in [5, 5.41) is 20.2. The lowest BCUT2D eigenvalue weighted by Crippen LogP contribution is -2.34. The fourth-order valence-electron chi connectivity index (χ4n) is 0.947. The molecule has 0 aliphatic carbocycles. The van der Waals surface area contributed by atoms with E-state index in [0.29, 0.717) is 13.1 Å². The number of hydrogen-bond acceptors (Lipinski definition) is 4. The first-order valence-electron chi connectivity index (χ1n) is 4.25. The lowest BCUT2D eigenvalue weighted by Gasteiger charge is -2.17. The first kappa shape index (κ1) is 10.1. The molecule has 1 rings (SSSR count). The molecular weight excluding hydrogens is 168 g/mol. The highest BCUT2D eigenvalue weighted by molar-refractivity contribution is 4.83. The first-order valence-corrected chi connectivity index (χ1v) is 4.25. The van der Waals surface area contributed by atoms with E-state index >= 15 is 0 Å². The van der Waals surface area contributed by atoms with Crippen LogP contribution in [0.25, 0.3) is 0 Å². The molecule has 0 unspecified atom stereocenters. The molecule has 0 aliphatic rings. The monoisotopic (exact) mass is 184 g/mol. The van der Waals surface area contributed by atoms with Gasteiger partial charge in [0.1, 0.15) is 12.2 Å². The van der Waals surface area contributed by atoms with Crippen molar-refractivity contribution in [2.45, 2.75) is 26.0 Å². The molecule has 1 aromatic heterocycles. The van der Waals surface area contributed by atoms with Gasteiger partial charge in [0.05, 0.1) is 12.1 Å². The van der Waals surface area contributed by atoms with Crippen LogP contribution in [-0.2, 0) is 13.6 Å². The molecule has 2 N–H and O–H groups in total. The van der Waals surface area contributed by atoms with Crippen molar-refractivity contribution in [1.29, 1.82) is 0 Å². The molecule has 74 valence electrons. The largest absolute Gasteiger partial charge is 0.389 e. The Balaban J connectivity index is 2.32. The smallest absolute Gasteiger partial charge is 0.146 e. The summed E-state index contributed by atoms with van der Waals surface area (Å²) in [7, 11) is 1.89. The van der Waals surface area contributed by atoms with Crippen molar-refractivity contribution in [2.24, 2.45) is 7.05 Å². The molecule has 0 aliphatic heterocycles. The topological polar surface area (TPSA) is 63.0 Å². The lowest BCUT2D eigenvalue weighted by atomic mass is 10.1. The molecule has 0 spiro atoms. The van der Waals surface area contributed by atoms with E-state index in [1.165, 1.54) is 0 Å². The normalized spacial score (nSPS) is 12.0. The summed E-state index contributed by atoms with van der Waals surface area (Å²) >= 11 is 0. The molecule has 0 saturated heterocycles. The van der Waals surface area contributed by atoms with E-state index in [2.05, 4.69) is 15.5 Å². The van der Waals surface area contributed by atoms with Crippen LogP contribution in [0.3, 0.4) is 0 Å². The molecule has 5 nitrogen and oxygen atoms in total. The summed E-state index contributed by atoms with van der Waals surface area (Å²) in [6.45, 7) is 4.69. The Morgan fingerprint density at radius 1 is 1.62 bits per heavy atom. The maximum atomic E-state index is 9.41. The van der Waals surface area contributed by atoms with E-state index in [1.54, 1.807) is 20.2 Å². The van der Waals surface area contributed by atoms with Crippen molar-refractivity contribution in [3.05, 3.63) is 12.2 Å². The molecule has 0 amide bonds. The summed E-state index contributed by atoms with van der Waals surface area (Å²) in [6, 6.07) is 0. The third kappa shape index (κ3) is 3.52. The second kappa shape index (κ2) is 3.85. The highest BCUT2D eigenvalue weighted by atomic mass is 16.3. The van der Waals surface area contributed by atoms with Crippen molar-refractivity contribution in [3.63, 3.8) is 0 Å². The minimum Gasteiger partial charge on any atom is -0.389 e. The van der Waals surface area contributed by atoms with Gasteiger partial charge in [-0.25, -0.2) is 0 Å². The van der Waals surface area contributed by atoms with Crippen LogP contribution in [0.15, 0.2) is 6.33 Å². The van der Waals surface area contributed by atoms with Gasteiger partial charge in [0.2, 0.25) is 0 Å². The second-order valence-electron chi connectivity index (χ2n) is 3.77. The maximum absolute atomic E-state index is 9.41. The van der Waals surface area contributed by atoms with Crippen molar-refractivity contribution < 1.29 is 5.11 Å². The number of aromatic nitrogens is 3. The summed E-state index contributed by atoms with van der Waals surface area (Å²) in [5.41, 5.74) is -0.682. The molecule has 0 fully saturated rings. The Hall–Kier alpha value is -0.940. The van der Waals surface area contributed by atoms with Crippen molar-refractivity contribution >= 4 is 0 Å². The summed E-state index contributed by atoms with van der Waals surface area (Å²) in [4.78, 5) is 0. The first-order chi connectivity index (χ1) is 5.99. The van der Waals surface area contributed by atoms with Gasteiger partial charge >= 0.3 is 0 Å². The van der Waals surface area contributed by atoms with Gasteiger partial charge in [-0.1, -0.05) is 0 Å². The van der Waals surface area contributed by atoms with E-state index in [1.807, 2.05) is 11.6 Å². The van der Waals surface area contributed by atoms with Crippen LogP contribution in [0.5, 0.6) is 0 Å². The molecule has 0 atom stereocenters. The van der Waals surface area contributed by atoms with Crippen LogP contribution in [0, 0.1) is 0 Å². The molecule has 13 heavy (non-hydrogen) atoms. The van der Waals surface area contributed by atoms with Crippen LogP contribution in [0.1, 0.15) is 19.7 Å². The van der Waals surface area contributed by atoms with Gasteiger partial charge in [-0.05, 0) is 13.8 Å². The zero-order valence-corrected chi connectivity index (χ0v) is 8.28. The average Bonchev–Trinajstić information content (AvgIpc) is 2.34. The zero-order chi connectivity index (χ0) is 9.90. The third-order valence-corrected chi connectivity index (χ3v) is 1.65. The summed E-state index contributed by atoms with van der Waals surface area (Å²) in [6.07, 6.45) is 1.65. The molecule has 0 saturated carbocycles. The molecule has 1 heterocycles. The minimum absolute atomic E-state index is 0.542. The minimum atomic E-state index is -0.682. The van der Waals surface area contributed by atoms with Crippen molar-refractivity contribution in [2.75, 3.05) is 6.54 Å². The van der Waals surface area contributed by atoms with Gasteiger partial charge in [-0.2, -0.15) is 0 Å². The number of hydrogen-bond donors (Lipinski definition) is 2. The highest BCUT2D eigenvalue weighted by Crippen LogP contribution is 1.98. The second-order valence-corrected chi connectivity index (χ2v) is 3.77. The van der Waals surface area contributed by atoms with E-state index in [9.17, 15) is 5.11 Å². The van der Waals surface area contributed by atoms with Crippen LogP contribution in [0.2, 0.25) is 0 Å². The van der Waals surface area contributed by atoms with E-state index < -0.39 is 5.60 Å². The Morgan fingerprint density at radius 3 is 2.77 bits per heavy atom. The lowest BCUT2D eigenvalue weighted by molar-refractivity contribution is 0.0792. The van der Waals surface area contributed by atoms with Crippen molar-refractivity contribution in [3.8, 4) is 0 Å². The number of nitrogens with zero attached hydrogens (tertiary/aromatic N) is 3. The van der Waals surface area contributed by atoms with Gasteiger partial charge in [0.15, 0.2) is 0 Å². The zero-order valence-electron chi connectivity index (χ0n) is 8.28. The summed E-state index contributed by atoms with van der Waals surface area (Å²) in [5.74, 6) is 0.865. The fourth-order valence-corrected chi connectivity index (χ4v) is 0.947. The number of rotatable bonds is 4. The standard InChI is InChI=1S/C8H16N4O/c1-8(2,13)5-9-4-7-11-10-6-12(7)3/h6,9,13H,4-5H2,1-3H3. The molecular formula is C8H16N4O. The molecule has 0 radical (unpaired) electrons. The predicted molar refractivity (Wildman–Crippen MR) is 49.0 cm³/mol. The van der Waals surface area contributed by atoms with Gasteiger partial charge in [0, 0.05) is 13.6 Å². The number of aliphatic hydroxyl groups is 1. The molecule has 0 bridgehead atoms. The van der Waals surface area contributed by atoms with Gasteiger partial charge < -0.3 is 15.0 Å². The molecule has 5 heteroatoms. The SMILES string of the molecule is Cn1cnnc1CNCC(C)(C)O. The van der Waals surface area contributed by atoms with E-state index in [-0.39, 0.29) is 0 Å². The average molecular weight is 184 g/mol. The Kier molecular flexibility index (Phi) is 3.00. The van der Waals surface area contributed by atoms with E-state index in [4.69, 9.17) is 0 Å².